The van der Waals surface area contributed by atoms with E-state index >= 15 is 0 Å². The van der Waals surface area contributed by atoms with Crippen LogP contribution in [-0.4, -0.2) is 36.7 Å². The van der Waals surface area contributed by atoms with Crippen molar-refractivity contribution >= 4 is 50.7 Å². The maximum Gasteiger partial charge on any atom is 0.198 e. The highest BCUT2D eigenvalue weighted by molar-refractivity contribution is 7.99. The molecule has 8 heteroatoms. The minimum atomic E-state index is -0.120. The number of aromatic nitrogens is 4. The Morgan fingerprint density at radius 2 is 2.11 bits per heavy atom. The van der Waals surface area contributed by atoms with E-state index in [4.69, 9.17) is 9.72 Å². The van der Waals surface area contributed by atoms with Crippen LogP contribution in [0.2, 0.25) is 0 Å². The molecule has 5 nitrogen and oxygen atoms in total. The summed E-state index contributed by atoms with van der Waals surface area (Å²) < 4.78 is 8.32. The van der Waals surface area contributed by atoms with Crippen molar-refractivity contribution in [3.63, 3.8) is 0 Å². The molecule has 0 saturated carbocycles. The van der Waals surface area contributed by atoms with Crippen LogP contribution in [0.4, 0.5) is 0 Å². The molecule has 0 spiro atoms. The van der Waals surface area contributed by atoms with E-state index in [-0.39, 0.29) is 5.60 Å². The van der Waals surface area contributed by atoms with Gasteiger partial charge in [0.1, 0.15) is 4.83 Å². The molecule has 4 heterocycles. The van der Waals surface area contributed by atoms with Crippen molar-refractivity contribution in [3.8, 4) is 0 Å². The van der Waals surface area contributed by atoms with Gasteiger partial charge in [0.25, 0.3) is 0 Å². The standard InChI is InChI=1S/C20H26N4OS3/c1-6-8-26-18-21-17-15(13-9-20(5,7-2)25-10-14(13)28-17)16-22-23-19(24(16)18)27-11-12(3)4/h3,6-11H2,1-2,4-5H3. The lowest BCUT2D eigenvalue weighted by Crippen LogP contribution is -2.33. The molecule has 3 aromatic heterocycles. The van der Waals surface area contributed by atoms with Crippen LogP contribution in [0.5, 0.6) is 0 Å². The van der Waals surface area contributed by atoms with Crippen LogP contribution in [0.3, 0.4) is 0 Å². The van der Waals surface area contributed by atoms with Gasteiger partial charge in [-0.1, -0.05) is 49.5 Å². The molecule has 0 aliphatic carbocycles. The molecule has 28 heavy (non-hydrogen) atoms. The lowest BCUT2D eigenvalue weighted by molar-refractivity contribution is -0.0542. The zero-order valence-corrected chi connectivity index (χ0v) is 19.3. The van der Waals surface area contributed by atoms with Crippen molar-refractivity contribution in [1.82, 2.24) is 19.6 Å². The average molecular weight is 435 g/mol. The van der Waals surface area contributed by atoms with Crippen molar-refractivity contribution < 1.29 is 4.74 Å². The van der Waals surface area contributed by atoms with Crippen LogP contribution < -0.4 is 0 Å². The van der Waals surface area contributed by atoms with Gasteiger partial charge in [-0.2, -0.15) is 0 Å². The summed E-state index contributed by atoms with van der Waals surface area (Å²) >= 11 is 5.21. The first kappa shape index (κ1) is 20.2. The van der Waals surface area contributed by atoms with Gasteiger partial charge in [0.05, 0.1) is 17.6 Å². The molecule has 1 atom stereocenters. The molecule has 1 aliphatic heterocycles. The third-order valence-corrected chi connectivity index (χ3v) is 8.45. The molecule has 0 amide bonds. The van der Waals surface area contributed by atoms with E-state index in [0.29, 0.717) is 6.61 Å². The Bertz CT molecular complexity index is 1040. The summed E-state index contributed by atoms with van der Waals surface area (Å²) in [5.41, 5.74) is 3.29. The molecule has 150 valence electrons. The topological polar surface area (TPSA) is 52.3 Å². The molecule has 3 aromatic rings. The number of thiophene rings is 1. The fourth-order valence-electron chi connectivity index (χ4n) is 3.32. The highest BCUT2D eigenvalue weighted by Crippen LogP contribution is 2.42. The second-order valence-electron chi connectivity index (χ2n) is 7.58. The van der Waals surface area contributed by atoms with Crippen LogP contribution in [-0.2, 0) is 17.8 Å². The Morgan fingerprint density at radius 3 is 2.82 bits per heavy atom. The summed E-state index contributed by atoms with van der Waals surface area (Å²) in [6, 6.07) is 0. The summed E-state index contributed by atoms with van der Waals surface area (Å²) in [4.78, 5) is 7.40. The molecule has 0 aromatic carbocycles. The van der Waals surface area contributed by atoms with Gasteiger partial charge in [0.15, 0.2) is 16.0 Å². The van der Waals surface area contributed by atoms with Crippen molar-refractivity contribution in [1.29, 1.82) is 0 Å². The maximum absolute atomic E-state index is 6.17. The highest BCUT2D eigenvalue weighted by Gasteiger charge is 2.33. The quantitative estimate of drug-likeness (QED) is 0.268. The Hall–Kier alpha value is -1.09. The fraction of sp³-hybridized carbons (Fsp3) is 0.550. The van der Waals surface area contributed by atoms with Gasteiger partial charge in [0, 0.05) is 22.8 Å². The zero-order valence-electron chi connectivity index (χ0n) is 16.9. The van der Waals surface area contributed by atoms with Crippen LogP contribution in [0, 0.1) is 0 Å². The van der Waals surface area contributed by atoms with E-state index in [2.05, 4.69) is 41.9 Å². The first-order valence-corrected chi connectivity index (χ1v) is 12.5. The number of rotatable bonds is 7. The number of hydrogen-bond acceptors (Lipinski definition) is 7. The molecule has 1 unspecified atom stereocenters. The van der Waals surface area contributed by atoms with Crippen molar-refractivity contribution in [2.24, 2.45) is 0 Å². The Kier molecular flexibility index (Phi) is 5.75. The van der Waals surface area contributed by atoms with Crippen LogP contribution in [0.15, 0.2) is 22.5 Å². The van der Waals surface area contributed by atoms with Gasteiger partial charge in [-0.05, 0) is 32.3 Å². The predicted molar refractivity (Wildman–Crippen MR) is 120 cm³/mol. The summed E-state index contributed by atoms with van der Waals surface area (Å²) in [5, 5.41) is 12.2. The monoisotopic (exact) mass is 434 g/mol. The van der Waals surface area contributed by atoms with Crippen molar-refractivity contribution in [2.75, 3.05) is 11.5 Å². The highest BCUT2D eigenvalue weighted by atomic mass is 32.2. The number of nitrogens with zero attached hydrogens (tertiary/aromatic N) is 4. The van der Waals surface area contributed by atoms with E-state index in [1.54, 1.807) is 34.9 Å². The van der Waals surface area contributed by atoms with Crippen LogP contribution in [0.1, 0.15) is 51.0 Å². The van der Waals surface area contributed by atoms with Crippen LogP contribution >= 0.6 is 34.9 Å². The Morgan fingerprint density at radius 1 is 1.29 bits per heavy atom. The minimum Gasteiger partial charge on any atom is -0.369 e. The van der Waals surface area contributed by atoms with E-state index in [1.807, 2.05) is 6.92 Å². The first-order valence-electron chi connectivity index (χ1n) is 9.69. The summed E-state index contributed by atoms with van der Waals surface area (Å²) in [5.74, 6) is 1.86. The number of ether oxygens (including phenoxy) is 1. The molecule has 1 aliphatic rings. The smallest absolute Gasteiger partial charge is 0.198 e. The molecular weight excluding hydrogens is 408 g/mol. The minimum absolute atomic E-state index is 0.120. The second kappa shape index (κ2) is 7.97. The SMILES string of the molecule is C=C(C)CSc1nnc2c3c4c(sc3nc(SCCC)n12)COC(C)(CC)C4. The predicted octanol–water partition coefficient (Wildman–Crippen LogP) is 5.75. The number of fused-ring (bicyclic) bond motifs is 5. The Labute approximate surface area is 178 Å². The van der Waals surface area contributed by atoms with Crippen molar-refractivity contribution in [3.05, 3.63) is 22.6 Å². The van der Waals surface area contributed by atoms with Crippen LogP contribution in [0.25, 0.3) is 15.9 Å². The average Bonchev–Trinajstić information content (AvgIpc) is 3.25. The molecule has 4 rings (SSSR count). The summed E-state index contributed by atoms with van der Waals surface area (Å²) in [6.07, 6.45) is 2.99. The van der Waals surface area contributed by atoms with E-state index in [1.165, 1.54) is 15.8 Å². The maximum atomic E-state index is 6.17. The molecule has 0 fully saturated rings. The van der Waals surface area contributed by atoms with Gasteiger partial charge in [-0.25, -0.2) is 9.38 Å². The molecular formula is C20H26N4OS3. The van der Waals surface area contributed by atoms with E-state index in [9.17, 15) is 0 Å². The van der Waals surface area contributed by atoms with Gasteiger partial charge < -0.3 is 4.74 Å². The number of hydrogen-bond donors (Lipinski definition) is 0. The molecule has 0 saturated heterocycles. The zero-order chi connectivity index (χ0) is 19.9. The Balaban J connectivity index is 1.91. The lowest BCUT2D eigenvalue weighted by atomic mass is 9.90. The number of thioether (sulfide) groups is 2. The van der Waals surface area contributed by atoms with Crippen molar-refractivity contribution in [2.45, 2.75) is 69.5 Å². The van der Waals surface area contributed by atoms with Gasteiger partial charge in [0.2, 0.25) is 0 Å². The largest absolute Gasteiger partial charge is 0.369 e. The van der Waals surface area contributed by atoms with Gasteiger partial charge >= 0.3 is 0 Å². The molecule has 0 radical (unpaired) electrons. The van der Waals surface area contributed by atoms with Gasteiger partial charge in [-0.3, -0.25) is 0 Å². The first-order chi connectivity index (χ1) is 13.5. The summed E-state index contributed by atoms with van der Waals surface area (Å²) in [7, 11) is 0. The second-order valence-corrected chi connectivity index (χ2v) is 10.7. The molecule has 0 bridgehead atoms. The lowest BCUT2D eigenvalue weighted by Gasteiger charge is -2.33. The van der Waals surface area contributed by atoms with E-state index in [0.717, 1.165) is 57.1 Å². The van der Waals surface area contributed by atoms with Gasteiger partial charge in [-0.15, -0.1) is 21.5 Å². The normalized spacial score (nSPS) is 19.4. The third-order valence-electron chi connectivity index (χ3n) is 5.05. The summed E-state index contributed by atoms with van der Waals surface area (Å²) in [6.45, 7) is 13.3. The molecule has 0 N–H and O–H groups in total. The third kappa shape index (κ3) is 3.60. The van der Waals surface area contributed by atoms with E-state index < -0.39 is 0 Å². The fourth-order valence-corrected chi connectivity index (χ4v) is 6.15.